The van der Waals surface area contributed by atoms with Crippen LogP contribution in [0.3, 0.4) is 0 Å². The van der Waals surface area contributed by atoms with E-state index in [2.05, 4.69) is 47.9 Å². The summed E-state index contributed by atoms with van der Waals surface area (Å²) in [6.07, 6.45) is 4.88. The second-order valence-corrected chi connectivity index (χ2v) is 9.95. The van der Waals surface area contributed by atoms with Crippen molar-refractivity contribution < 1.29 is 4.79 Å². The topological polar surface area (TPSA) is 32.3 Å². The molecule has 3 aromatic rings. The molecular formula is C23H28N2OS2. The van der Waals surface area contributed by atoms with Crippen molar-refractivity contribution in [3.05, 3.63) is 57.6 Å². The number of hydrogen-bond donors (Lipinski definition) is 1. The highest BCUT2D eigenvalue weighted by Gasteiger charge is 2.30. The maximum Gasteiger partial charge on any atom is 0.252 e. The first-order valence-corrected chi connectivity index (χ1v) is 11.8. The van der Waals surface area contributed by atoms with Crippen molar-refractivity contribution in [2.24, 2.45) is 11.8 Å². The van der Waals surface area contributed by atoms with Gasteiger partial charge >= 0.3 is 0 Å². The number of hydrogen-bond acceptors (Lipinski definition) is 4. The molecule has 3 nitrogen and oxygen atoms in total. The van der Waals surface area contributed by atoms with E-state index in [1.165, 1.54) is 35.3 Å². The zero-order valence-electron chi connectivity index (χ0n) is 16.6. The van der Waals surface area contributed by atoms with Gasteiger partial charge in [-0.2, -0.15) is 0 Å². The van der Waals surface area contributed by atoms with E-state index in [1.807, 2.05) is 34.9 Å². The molecule has 1 aliphatic carbocycles. The molecule has 148 valence electrons. The minimum atomic E-state index is 0.0735. The predicted molar refractivity (Wildman–Crippen MR) is 120 cm³/mol. The van der Waals surface area contributed by atoms with Crippen molar-refractivity contribution in [2.75, 3.05) is 20.6 Å². The fourth-order valence-electron chi connectivity index (χ4n) is 4.56. The van der Waals surface area contributed by atoms with E-state index in [0.29, 0.717) is 17.9 Å². The van der Waals surface area contributed by atoms with Crippen LogP contribution in [0.4, 0.5) is 0 Å². The van der Waals surface area contributed by atoms with Crippen molar-refractivity contribution in [1.29, 1.82) is 0 Å². The maximum absolute atomic E-state index is 12.7. The van der Waals surface area contributed by atoms with Gasteiger partial charge in [-0.1, -0.05) is 24.3 Å². The smallest absolute Gasteiger partial charge is 0.252 e. The standard InChI is InChI=1S/C23H28N2OS2/c1-25(2)22(21-8-5-13-27-21)17-11-9-16(10-12-17)14-24-23(26)19-15-28-20-7-4-3-6-18(19)20/h3-8,13,15-17,22H,9-12,14H2,1-2H3,(H,24,26). The van der Waals surface area contributed by atoms with Crippen LogP contribution in [0.2, 0.25) is 0 Å². The Labute approximate surface area is 175 Å². The van der Waals surface area contributed by atoms with Crippen LogP contribution in [0.5, 0.6) is 0 Å². The monoisotopic (exact) mass is 412 g/mol. The summed E-state index contributed by atoms with van der Waals surface area (Å²) >= 11 is 3.51. The number of carbonyl (C=O) groups is 1. The lowest BCUT2D eigenvalue weighted by Crippen LogP contribution is -2.34. The van der Waals surface area contributed by atoms with E-state index in [1.54, 1.807) is 11.3 Å². The van der Waals surface area contributed by atoms with Gasteiger partial charge in [-0.15, -0.1) is 22.7 Å². The molecule has 1 aromatic carbocycles. The highest BCUT2D eigenvalue weighted by molar-refractivity contribution is 7.17. The Hall–Kier alpha value is -1.69. The van der Waals surface area contributed by atoms with Crippen LogP contribution in [0.15, 0.2) is 47.2 Å². The number of amides is 1. The molecule has 1 N–H and O–H groups in total. The van der Waals surface area contributed by atoms with Gasteiger partial charge in [0.05, 0.1) is 5.56 Å². The van der Waals surface area contributed by atoms with Crippen molar-refractivity contribution in [1.82, 2.24) is 10.2 Å². The molecule has 4 rings (SSSR count). The largest absolute Gasteiger partial charge is 0.352 e. The number of fused-ring (bicyclic) bond motifs is 1. The number of nitrogens with one attached hydrogen (secondary N) is 1. The summed E-state index contributed by atoms with van der Waals surface area (Å²) in [4.78, 5) is 16.5. The second-order valence-electron chi connectivity index (χ2n) is 8.06. The molecule has 1 amide bonds. The van der Waals surface area contributed by atoms with Gasteiger partial charge in [-0.3, -0.25) is 4.79 Å². The zero-order valence-corrected chi connectivity index (χ0v) is 18.2. The van der Waals surface area contributed by atoms with Gasteiger partial charge in [-0.25, -0.2) is 0 Å². The van der Waals surface area contributed by atoms with Crippen LogP contribution in [0.1, 0.15) is 47.0 Å². The van der Waals surface area contributed by atoms with Gasteiger partial charge in [0.1, 0.15) is 0 Å². The van der Waals surface area contributed by atoms with Gasteiger partial charge in [0.25, 0.3) is 5.91 Å². The molecule has 5 heteroatoms. The number of nitrogens with zero attached hydrogens (tertiary/aromatic N) is 1. The lowest BCUT2D eigenvalue weighted by Gasteiger charge is -2.37. The van der Waals surface area contributed by atoms with Crippen molar-refractivity contribution in [3.8, 4) is 0 Å². The lowest BCUT2D eigenvalue weighted by molar-refractivity contribution is 0.0937. The van der Waals surface area contributed by atoms with Gasteiger partial charge in [0.2, 0.25) is 0 Å². The summed E-state index contributed by atoms with van der Waals surface area (Å²) in [7, 11) is 4.39. The normalized spacial score (nSPS) is 21.1. The molecular weight excluding hydrogens is 384 g/mol. The number of rotatable bonds is 6. The highest BCUT2D eigenvalue weighted by Crippen LogP contribution is 2.40. The van der Waals surface area contributed by atoms with Crippen molar-refractivity contribution in [3.63, 3.8) is 0 Å². The zero-order chi connectivity index (χ0) is 19.5. The molecule has 1 atom stereocenters. The first-order valence-electron chi connectivity index (χ1n) is 10.1. The molecule has 28 heavy (non-hydrogen) atoms. The van der Waals surface area contributed by atoms with E-state index in [0.717, 1.165) is 17.5 Å². The average molecular weight is 413 g/mol. The summed E-state index contributed by atoms with van der Waals surface area (Å²) in [6.45, 7) is 0.793. The fourth-order valence-corrected chi connectivity index (χ4v) is 6.52. The van der Waals surface area contributed by atoms with Gasteiger partial charge in [0, 0.05) is 32.9 Å². The molecule has 1 aliphatic rings. The summed E-state index contributed by atoms with van der Waals surface area (Å²) in [5.74, 6) is 1.38. The minimum Gasteiger partial charge on any atom is -0.352 e. The van der Waals surface area contributed by atoms with Gasteiger partial charge in [-0.05, 0) is 69.1 Å². The molecule has 2 aromatic heterocycles. The first kappa shape index (κ1) is 19.6. The van der Waals surface area contributed by atoms with E-state index < -0.39 is 0 Å². The Morgan fingerprint density at radius 2 is 1.89 bits per heavy atom. The number of carbonyl (C=O) groups excluding carboxylic acids is 1. The second kappa shape index (κ2) is 8.76. The Morgan fingerprint density at radius 1 is 1.11 bits per heavy atom. The summed E-state index contributed by atoms with van der Waals surface area (Å²) in [6, 6.07) is 13.1. The quantitative estimate of drug-likeness (QED) is 0.555. The van der Waals surface area contributed by atoms with E-state index in [9.17, 15) is 4.79 Å². The first-order chi connectivity index (χ1) is 13.6. The predicted octanol–water partition coefficient (Wildman–Crippen LogP) is 5.80. The number of thiophene rings is 2. The Morgan fingerprint density at radius 3 is 2.61 bits per heavy atom. The van der Waals surface area contributed by atoms with E-state index in [-0.39, 0.29) is 5.91 Å². The lowest BCUT2D eigenvalue weighted by atomic mass is 9.77. The number of benzene rings is 1. The van der Waals surface area contributed by atoms with Crippen molar-refractivity contribution in [2.45, 2.75) is 31.7 Å². The molecule has 1 unspecified atom stereocenters. The Balaban J connectivity index is 1.31. The van der Waals surface area contributed by atoms with E-state index in [4.69, 9.17) is 0 Å². The molecule has 0 aliphatic heterocycles. The summed E-state index contributed by atoms with van der Waals surface area (Å²) in [5, 5.41) is 8.44. The molecule has 0 spiro atoms. The van der Waals surface area contributed by atoms with Gasteiger partial charge < -0.3 is 10.2 Å². The van der Waals surface area contributed by atoms with Crippen LogP contribution in [-0.2, 0) is 0 Å². The Bertz CT molecular complexity index is 908. The molecule has 0 saturated heterocycles. The van der Waals surface area contributed by atoms with Crippen molar-refractivity contribution >= 4 is 38.7 Å². The van der Waals surface area contributed by atoms with E-state index >= 15 is 0 Å². The molecule has 1 saturated carbocycles. The Kier molecular flexibility index (Phi) is 6.14. The van der Waals surface area contributed by atoms with Crippen LogP contribution in [0, 0.1) is 11.8 Å². The third-order valence-electron chi connectivity index (χ3n) is 6.01. The summed E-state index contributed by atoms with van der Waals surface area (Å²) in [5.41, 5.74) is 0.819. The third kappa shape index (κ3) is 4.17. The molecule has 2 heterocycles. The fraction of sp³-hybridized carbons (Fsp3) is 0.435. The molecule has 0 bridgehead atoms. The van der Waals surface area contributed by atoms with Crippen LogP contribution in [0.25, 0.3) is 10.1 Å². The van der Waals surface area contributed by atoms with Crippen LogP contribution >= 0.6 is 22.7 Å². The van der Waals surface area contributed by atoms with Crippen LogP contribution in [-0.4, -0.2) is 31.4 Å². The average Bonchev–Trinajstić information content (AvgIpc) is 3.37. The molecule has 0 radical (unpaired) electrons. The third-order valence-corrected chi connectivity index (χ3v) is 7.91. The van der Waals surface area contributed by atoms with Gasteiger partial charge in [0.15, 0.2) is 0 Å². The summed E-state index contributed by atoms with van der Waals surface area (Å²) < 4.78 is 1.18. The minimum absolute atomic E-state index is 0.0735. The van der Waals surface area contributed by atoms with Crippen LogP contribution < -0.4 is 5.32 Å². The maximum atomic E-state index is 12.7. The SMILES string of the molecule is CN(C)C(c1cccs1)C1CCC(CNC(=O)c2csc3ccccc23)CC1. The highest BCUT2D eigenvalue weighted by atomic mass is 32.1. The molecule has 1 fully saturated rings.